The van der Waals surface area contributed by atoms with Gasteiger partial charge >= 0.3 is 5.97 Å². The molecule has 8 heteroatoms. The Labute approximate surface area is 198 Å². The molecule has 1 saturated carbocycles. The fourth-order valence-electron chi connectivity index (χ4n) is 4.09. The molecule has 0 saturated heterocycles. The lowest BCUT2D eigenvalue weighted by atomic mass is 9.92. The number of aromatic carboxylic acids is 1. The Kier molecular flexibility index (Phi) is 7.93. The molecule has 34 heavy (non-hydrogen) atoms. The quantitative estimate of drug-likeness (QED) is 0.474. The molecule has 0 spiro atoms. The van der Waals surface area contributed by atoms with Crippen molar-refractivity contribution in [3.63, 3.8) is 0 Å². The minimum atomic E-state index is -1.18. The van der Waals surface area contributed by atoms with E-state index in [-0.39, 0.29) is 42.8 Å². The summed E-state index contributed by atoms with van der Waals surface area (Å²) >= 11 is 0. The van der Waals surface area contributed by atoms with Gasteiger partial charge in [0.05, 0.1) is 18.8 Å². The first-order valence-electron chi connectivity index (χ1n) is 11.5. The van der Waals surface area contributed by atoms with Crippen LogP contribution in [0, 0.1) is 0 Å². The fourth-order valence-corrected chi connectivity index (χ4v) is 4.09. The maximum atomic E-state index is 12.9. The summed E-state index contributed by atoms with van der Waals surface area (Å²) in [5, 5.41) is 16.5. The van der Waals surface area contributed by atoms with Gasteiger partial charge in [-0.3, -0.25) is 4.79 Å². The van der Waals surface area contributed by atoms with Crippen molar-refractivity contribution < 1.29 is 24.2 Å². The molecule has 3 aromatic rings. The van der Waals surface area contributed by atoms with Gasteiger partial charge in [-0.05, 0) is 24.0 Å². The van der Waals surface area contributed by atoms with Crippen molar-refractivity contribution in [2.75, 3.05) is 0 Å². The average molecular weight is 464 g/mol. The molecular formula is C26H29N3O5. The van der Waals surface area contributed by atoms with Crippen molar-refractivity contribution >= 4 is 11.9 Å². The van der Waals surface area contributed by atoms with E-state index < -0.39 is 5.97 Å². The minimum Gasteiger partial charge on any atom is -0.476 e. The molecule has 0 bridgehead atoms. The third kappa shape index (κ3) is 6.45. The molecule has 1 amide bonds. The highest BCUT2D eigenvalue weighted by molar-refractivity contribution is 5.85. The highest BCUT2D eigenvalue weighted by Gasteiger charge is 2.28. The van der Waals surface area contributed by atoms with Gasteiger partial charge in [0.15, 0.2) is 5.69 Å². The molecule has 2 aromatic carbocycles. The number of nitrogens with one attached hydrogen (secondary N) is 1. The Morgan fingerprint density at radius 3 is 2.29 bits per heavy atom. The summed E-state index contributed by atoms with van der Waals surface area (Å²) in [6.45, 7) is 0.598. The molecular weight excluding hydrogens is 434 g/mol. The van der Waals surface area contributed by atoms with Crippen LogP contribution in [0.4, 0.5) is 0 Å². The molecule has 1 fully saturated rings. The molecule has 0 aliphatic heterocycles. The van der Waals surface area contributed by atoms with E-state index in [1.54, 1.807) is 0 Å². The number of carbonyl (C=O) groups is 2. The zero-order chi connectivity index (χ0) is 23.8. The van der Waals surface area contributed by atoms with Crippen molar-refractivity contribution in [3.05, 3.63) is 83.6 Å². The van der Waals surface area contributed by atoms with E-state index in [1.165, 1.54) is 10.7 Å². The smallest absolute Gasteiger partial charge is 0.356 e. The standard InChI is InChI=1S/C26H29N3O5/c30-24(27-21-13-7-8-14-23(21)33-17-19-9-3-1-4-10-19)16-29-25(15-22(28-29)26(31)32)34-18-20-11-5-2-6-12-20/h1-6,9-12,15,21,23H,7-8,13-14,16-18H2,(H,27,30)(H,31,32). The number of nitrogens with zero attached hydrogens (tertiary/aromatic N) is 2. The summed E-state index contributed by atoms with van der Waals surface area (Å²) in [7, 11) is 0. The average Bonchev–Trinajstić information content (AvgIpc) is 3.26. The van der Waals surface area contributed by atoms with Gasteiger partial charge in [0.2, 0.25) is 11.8 Å². The van der Waals surface area contributed by atoms with Crippen LogP contribution in [0.25, 0.3) is 0 Å². The van der Waals surface area contributed by atoms with Crippen LogP contribution in [-0.2, 0) is 29.3 Å². The third-order valence-electron chi connectivity index (χ3n) is 5.84. The second-order valence-corrected chi connectivity index (χ2v) is 8.40. The van der Waals surface area contributed by atoms with E-state index in [0.717, 1.165) is 36.8 Å². The Balaban J connectivity index is 1.38. The number of carbonyl (C=O) groups excluding carboxylic acids is 1. The summed E-state index contributed by atoms with van der Waals surface area (Å²) in [5.41, 5.74) is 1.85. The molecule has 4 rings (SSSR count). The Morgan fingerprint density at radius 1 is 0.971 bits per heavy atom. The first-order valence-corrected chi connectivity index (χ1v) is 11.5. The van der Waals surface area contributed by atoms with Gasteiger partial charge in [-0.15, -0.1) is 0 Å². The predicted molar refractivity (Wildman–Crippen MR) is 125 cm³/mol. The van der Waals surface area contributed by atoms with Crippen LogP contribution in [0.15, 0.2) is 66.7 Å². The maximum absolute atomic E-state index is 12.9. The molecule has 8 nitrogen and oxygen atoms in total. The molecule has 2 atom stereocenters. The molecule has 2 unspecified atom stereocenters. The SMILES string of the molecule is O=C(Cn1nc(C(=O)O)cc1OCc1ccccc1)NC1CCCCC1OCc1ccccc1. The molecule has 0 radical (unpaired) electrons. The number of carboxylic acid groups (broad SMARTS) is 1. The van der Waals surface area contributed by atoms with Gasteiger partial charge in [0.1, 0.15) is 13.2 Å². The zero-order valence-corrected chi connectivity index (χ0v) is 18.9. The van der Waals surface area contributed by atoms with Crippen LogP contribution < -0.4 is 10.1 Å². The number of rotatable bonds is 10. The third-order valence-corrected chi connectivity index (χ3v) is 5.84. The van der Waals surface area contributed by atoms with Crippen molar-refractivity contribution in [1.29, 1.82) is 0 Å². The topological polar surface area (TPSA) is 103 Å². The Morgan fingerprint density at radius 2 is 1.62 bits per heavy atom. The van der Waals surface area contributed by atoms with Gasteiger partial charge in [0.25, 0.3) is 0 Å². The molecule has 1 aliphatic rings. The molecule has 2 N–H and O–H groups in total. The molecule has 1 heterocycles. The van der Waals surface area contributed by atoms with E-state index in [4.69, 9.17) is 9.47 Å². The van der Waals surface area contributed by atoms with Crippen molar-refractivity contribution in [2.24, 2.45) is 0 Å². The second-order valence-electron chi connectivity index (χ2n) is 8.40. The summed E-state index contributed by atoms with van der Waals surface area (Å²) in [5.74, 6) is -1.20. The number of hydrogen-bond donors (Lipinski definition) is 2. The van der Waals surface area contributed by atoms with Gasteiger partial charge in [0, 0.05) is 6.07 Å². The van der Waals surface area contributed by atoms with Crippen LogP contribution in [0.2, 0.25) is 0 Å². The number of hydrogen-bond acceptors (Lipinski definition) is 5. The number of aromatic nitrogens is 2. The largest absolute Gasteiger partial charge is 0.476 e. The lowest BCUT2D eigenvalue weighted by Gasteiger charge is -2.32. The lowest BCUT2D eigenvalue weighted by molar-refractivity contribution is -0.124. The first kappa shape index (κ1) is 23.5. The Bertz CT molecular complexity index is 1080. The lowest BCUT2D eigenvalue weighted by Crippen LogP contribution is -2.47. The van der Waals surface area contributed by atoms with E-state index in [2.05, 4.69) is 10.4 Å². The van der Waals surface area contributed by atoms with Crippen LogP contribution >= 0.6 is 0 Å². The summed E-state index contributed by atoms with van der Waals surface area (Å²) in [6, 6.07) is 20.7. The van der Waals surface area contributed by atoms with Crippen molar-refractivity contribution in [1.82, 2.24) is 15.1 Å². The van der Waals surface area contributed by atoms with Crippen LogP contribution in [-0.4, -0.2) is 38.9 Å². The summed E-state index contributed by atoms with van der Waals surface area (Å²) < 4.78 is 13.2. The van der Waals surface area contributed by atoms with Gasteiger partial charge < -0.3 is 19.9 Å². The summed E-state index contributed by atoms with van der Waals surface area (Å²) in [4.78, 5) is 24.3. The first-order chi connectivity index (χ1) is 16.6. The van der Waals surface area contributed by atoms with Crippen molar-refractivity contribution in [2.45, 2.75) is 57.6 Å². The predicted octanol–water partition coefficient (Wildman–Crippen LogP) is 3.80. The van der Waals surface area contributed by atoms with Crippen molar-refractivity contribution in [3.8, 4) is 5.88 Å². The van der Waals surface area contributed by atoms with Crippen LogP contribution in [0.3, 0.4) is 0 Å². The zero-order valence-electron chi connectivity index (χ0n) is 18.9. The van der Waals surface area contributed by atoms with Gasteiger partial charge in [-0.1, -0.05) is 73.5 Å². The van der Waals surface area contributed by atoms with E-state index in [0.29, 0.717) is 6.61 Å². The molecule has 1 aliphatic carbocycles. The second kappa shape index (κ2) is 11.5. The number of carboxylic acids is 1. The van der Waals surface area contributed by atoms with Crippen LogP contribution in [0.5, 0.6) is 5.88 Å². The van der Waals surface area contributed by atoms with E-state index >= 15 is 0 Å². The highest BCUT2D eigenvalue weighted by atomic mass is 16.5. The Hall–Kier alpha value is -3.65. The number of ether oxygens (including phenoxy) is 2. The number of amides is 1. The molecule has 178 valence electrons. The monoisotopic (exact) mass is 463 g/mol. The number of benzene rings is 2. The van der Waals surface area contributed by atoms with E-state index in [9.17, 15) is 14.7 Å². The fraction of sp³-hybridized carbons (Fsp3) is 0.346. The maximum Gasteiger partial charge on any atom is 0.356 e. The highest BCUT2D eigenvalue weighted by Crippen LogP contribution is 2.23. The summed E-state index contributed by atoms with van der Waals surface area (Å²) in [6.07, 6.45) is 3.73. The van der Waals surface area contributed by atoms with Crippen LogP contribution in [0.1, 0.15) is 47.3 Å². The van der Waals surface area contributed by atoms with Gasteiger partial charge in [-0.25, -0.2) is 9.48 Å². The van der Waals surface area contributed by atoms with E-state index in [1.807, 2.05) is 60.7 Å². The minimum absolute atomic E-state index is 0.0705. The molecule has 1 aromatic heterocycles. The normalized spacial score (nSPS) is 17.8. The van der Waals surface area contributed by atoms with Gasteiger partial charge in [-0.2, -0.15) is 5.10 Å².